The molecule has 1 fully saturated rings. The summed E-state index contributed by atoms with van der Waals surface area (Å²) >= 11 is 0. The molecule has 0 bridgehead atoms. The Bertz CT molecular complexity index is 1420. The SMILES string of the molecule is Cc1cc(C#N)nn1-c1nc(-n2cnc3cc(N[C@H]4CNC[C@H]4F)ccc32)ccc1C(N)=O. The molecule has 0 radical (unpaired) electrons. The summed E-state index contributed by atoms with van der Waals surface area (Å²) in [5, 5.41) is 19.6. The summed E-state index contributed by atoms with van der Waals surface area (Å²) in [6.07, 6.45) is 0.674. The zero-order valence-corrected chi connectivity index (χ0v) is 17.7. The van der Waals surface area contributed by atoms with E-state index in [1.807, 2.05) is 24.3 Å². The van der Waals surface area contributed by atoms with Crippen LogP contribution >= 0.6 is 0 Å². The Morgan fingerprint density at radius 2 is 2.15 bits per heavy atom. The van der Waals surface area contributed by atoms with Gasteiger partial charge in [0, 0.05) is 24.5 Å². The van der Waals surface area contributed by atoms with Crippen LogP contribution < -0.4 is 16.4 Å². The maximum Gasteiger partial charge on any atom is 0.252 e. The van der Waals surface area contributed by atoms with Crippen LogP contribution in [0.25, 0.3) is 22.7 Å². The van der Waals surface area contributed by atoms with Gasteiger partial charge in [0.05, 0.1) is 22.6 Å². The molecule has 0 spiro atoms. The van der Waals surface area contributed by atoms with E-state index in [1.54, 1.807) is 36.0 Å². The molecule has 3 aromatic heterocycles. The Kier molecular flexibility index (Phi) is 4.99. The molecule has 1 aliphatic rings. The monoisotopic (exact) mass is 445 g/mol. The first-order chi connectivity index (χ1) is 15.9. The number of nitrogens with two attached hydrogens (primary N) is 1. The van der Waals surface area contributed by atoms with E-state index in [-0.39, 0.29) is 23.1 Å². The number of carbonyl (C=O) groups is 1. The number of alkyl halides is 1. The molecule has 2 atom stereocenters. The van der Waals surface area contributed by atoms with Crippen molar-refractivity contribution in [3.63, 3.8) is 0 Å². The quantitative estimate of drug-likeness (QED) is 0.424. The van der Waals surface area contributed by atoms with Crippen molar-refractivity contribution in [3.05, 3.63) is 59.7 Å². The minimum atomic E-state index is -0.947. The van der Waals surface area contributed by atoms with Gasteiger partial charge in [0.25, 0.3) is 5.91 Å². The fourth-order valence-electron chi connectivity index (χ4n) is 3.96. The second kappa shape index (κ2) is 7.99. The number of rotatable bonds is 5. The number of aromatic nitrogens is 5. The van der Waals surface area contributed by atoms with Crippen molar-refractivity contribution in [3.8, 4) is 17.7 Å². The lowest BCUT2D eigenvalue weighted by atomic mass is 10.2. The minimum absolute atomic E-state index is 0.177. The Morgan fingerprint density at radius 1 is 1.30 bits per heavy atom. The predicted molar refractivity (Wildman–Crippen MR) is 119 cm³/mol. The molecule has 33 heavy (non-hydrogen) atoms. The van der Waals surface area contributed by atoms with Crippen molar-refractivity contribution < 1.29 is 9.18 Å². The van der Waals surface area contributed by atoms with Crippen LogP contribution in [-0.2, 0) is 0 Å². The number of nitrogens with one attached hydrogen (secondary N) is 2. The van der Waals surface area contributed by atoms with E-state index >= 15 is 0 Å². The highest BCUT2D eigenvalue weighted by molar-refractivity contribution is 5.96. The van der Waals surface area contributed by atoms with Gasteiger partial charge < -0.3 is 16.4 Å². The topological polar surface area (TPSA) is 139 Å². The van der Waals surface area contributed by atoms with Crippen molar-refractivity contribution >= 4 is 22.6 Å². The third-order valence-electron chi connectivity index (χ3n) is 5.61. The molecular formula is C22H20FN9O. The maximum absolute atomic E-state index is 13.9. The van der Waals surface area contributed by atoms with Gasteiger partial charge in [-0.2, -0.15) is 10.4 Å². The first kappa shape index (κ1) is 20.6. The number of benzene rings is 1. The van der Waals surface area contributed by atoms with Crippen molar-refractivity contribution in [2.45, 2.75) is 19.1 Å². The van der Waals surface area contributed by atoms with Gasteiger partial charge in [0.15, 0.2) is 11.5 Å². The van der Waals surface area contributed by atoms with Gasteiger partial charge >= 0.3 is 0 Å². The molecule has 1 amide bonds. The summed E-state index contributed by atoms with van der Waals surface area (Å²) in [7, 11) is 0. The van der Waals surface area contributed by atoms with Crippen LogP contribution in [0.3, 0.4) is 0 Å². The number of aryl methyl sites for hydroxylation is 1. The molecule has 0 aliphatic carbocycles. The minimum Gasteiger partial charge on any atom is -0.378 e. The molecule has 0 saturated carbocycles. The summed E-state index contributed by atoms with van der Waals surface area (Å²) in [4.78, 5) is 21.1. The average molecular weight is 445 g/mol. The van der Waals surface area contributed by atoms with Crippen molar-refractivity contribution in [1.82, 2.24) is 29.6 Å². The first-order valence-corrected chi connectivity index (χ1v) is 10.3. The van der Waals surface area contributed by atoms with E-state index in [4.69, 9.17) is 5.73 Å². The zero-order chi connectivity index (χ0) is 23.1. The largest absolute Gasteiger partial charge is 0.378 e. The highest BCUT2D eigenvalue weighted by atomic mass is 19.1. The molecule has 4 heterocycles. The number of nitrogens with zero attached hydrogens (tertiary/aromatic N) is 6. The fraction of sp³-hybridized carbons (Fsp3) is 0.227. The van der Waals surface area contributed by atoms with Gasteiger partial charge in [-0.1, -0.05) is 0 Å². The number of hydrogen-bond donors (Lipinski definition) is 3. The number of fused-ring (bicyclic) bond motifs is 1. The van der Waals surface area contributed by atoms with E-state index in [9.17, 15) is 14.4 Å². The van der Waals surface area contributed by atoms with Crippen molar-refractivity contribution in [1.29, 1.82) is 5.26 Å². The number of amides is 1. The van der Waals surface area contributed by atoms with Crippen molar-refractivity contribution in [2.75, 3.05) is 18.4 Å². The predicted octanol–water partition coefficient (Wildman–Crippen LogP) is 1.61. The number of anilines is 1. The second-order valence-corrected chi connectivity index (χ2v) is 7.84. The lowest BCUT2D eigenvalue weighted by Gasteiger charge is -2.15. The first-order valence-electron chi connectivity index (χ1n) is 10.3. The summed E-state index contributed by atoms with van der Waals surface area (Å²) in [5.41, 5.74) is 8.83. The number of carbonyl (C=O) groups excluding carboxylic acids is 1. The van der Waals surface area contributed by atoms with Gasteiger partial charge in [-0.25, -0.2) is 19.0 Å². The Balaban J connectivity index is 1.55. The molecule has 0 unspecified atom stereocenters. The molecule has 166 valence electrons. The molecule has 10 nitrogen and oxygen atoms in total. The Hall–Kier alpha value is -4.30. The molecule has 1 saturated heterocycles. The van der Waals surface area contributed by atoms with Crippen LogP contribution in [0.4, 0.5) is 10.1 Å². The lowest BCUT2D eigenvalue weighted by Crippen LogP contribution is -2.29. The standard InChI is InChI=1S/C22H20FN9O/c1-12-6-14(8-24)30-32(12)22-15(21(25)33)3-5-20(29-22)31-11-27-17-7-13(2-4-19(17)31)28-18-10-26-9-16(18)23/h2-7,11,16,18,26,28H,9-10H2,1H3,(H2,25,33)/t16-,18+/m1/s1. The Labute approximate surface area is 187 Å². The number of hydrogen-bond acceptors (Lipinski definition) is 7. The highest BCUT2D eigenvalue weighted by Crippen LogP contribution is 2.24. The molecule has 11 heteroatoms. The molecule has 1 aliphatic heterocycles. The maximum atomic E-state index is 13.9. The summed E-state index contributed by atoms with van der Waals surface area (Å²) in [6, 6.07) is 12.1. The van der Waals surface area contributed by atoms with Gasteiger partial charge in [0.2, 0.25) is 0 Å². The van der Waals surface area contributed by atoms with Gasteiger partial charge in [-0.3, -0.25) is 9.36 Å². The number of nitriles is 1. The van der Waals surface area contributed by atoms with Crippen LogP contribution in [0.15, 0.2) is 42.7 Å². The third kappa shape index (κ3) is 3.66. The molecule has 5 rings (SSSR count). The lowest BCUT2D eigenvalue weighted by molar-refractivity contribution is 0.1000. The van der Waals surface area contributed by atoms with Crippen LogP contribution in [0.5, 0.6) is 0 Å². The fourth-order valence-corrected chi connectivity index (χ4v) is 3.96. The third-order valence-corrected chi connectivity index (χ3v) is 5.61. The van der Waals surface area contributed by atoms with E-state index in [1.165, 1.54) is 4.68 Å². The number of imidazole rings is 1. The Morgan fingerprint density at radius 3 is 2.85 bits per heavy atom. The van der Waals surface area contributed by atoms with Crippen LogP contribution in [-0.4, -0.2) is 55.5 Å². The number of halogens is 1. The second-order valence-electron chi connectivity index (χ2n) is 7.84. The summed E-state index contributed by atoms with van der Waals surface area (Å²) < 4.78 is 17.1. The van der Waals surface area contributed by atoms with Gasteiger partial charge in [-0.05, 0) is 43.3 Å². The van der Waals surface area contributed by atoms with E-state index in [2.05, 4.69) is 25.7 Å². The molecular weight excluding hydrogens is 425 g/mol. The van der Waals surface area contributed by atoms with Crippen molar-refractivity contribution in [2.24, 2.45) is 5.73 Å². The summed E-state index contributed by atoms with van der Waals surface area (Å²) in [6.45, 7) is 2.66. The molecule has 4 aromatic rings. The normalized spacial score (nSPS) is 17.8. The number of primary amides is 1. The van der Waals surface area contributed by atoms with E-state index < -0.39 is 12.1 Å². The molecule has 1 aromatic carbocycles. The van der Waals surface area contributed by atoms with Gasteiger partial charge in [0.1, 0.15) is 24.4 Å². The average Bonchev–Trinajstić information content (AvgIpc) is 3.51. The van der Waals surface area contributed by atoms with Crippen LogP contribution in [0.1, 0.15) is 21.7 Å². The zero-order valence-electron chi connectivity index (χ0n) is 17.7. The van der Waals surface area contributed by atoms with Gasteiger partial charge in [-0.15, -0.1) is 0 Å². The van der Waals surface area contributed by atoms with E-state index in [0.29, 0.717) is 30.1 Å². The number of pyridine rings is 1. The van der Waals surface area contributed by atoms with Crippen LogP contribution in [0.2, 0.25) is 0 Å². The van der Waals surface area contributed by atoms with Crippen LogP contribution in [0, 0.1) is 18.3 Å². The highest BCUT2D eigenvalue weighted by Gasteiger charge is 2.26. The molecule has 4 N–H and O–H groups in total. The summed E-state index contributed by atoms with van der Waals surface area (Å²) in [5.74, 6) is 0.0634. The van der Waals surface area contributed by atoms with E-state index in [0.717, 1.165) is 11.2 Å². The smallest absolute Gasteiger partial charge is 0.252 e.